The lowest BCUT2D eigenvalue weighted by molar-refractivity contribution is -0.148. The van der Waals surface area contributed by atoms with Gasteiger partial charge in [0.15, 0.2) is 17.5 Å². The molecule has 1 aromatic heterocycles. The number of carbonyl (C=O) groups excluding carboxylic acids is 3. The van der Waals surface area contributed by atoms with Crippen molar-refractivity contribution < 1.29 is 23.5 Å². The van der Waals surface area contributed by atoms with Crippen molar-refractivity contribution in [2.24, 2.45) is 0 Å². The fourth-order valence-electron chi connectivity index (χ4n) is 2.43. The number of aromatic nitrogens is 1. The summed E-state index contributed by atoms with van der Waals surface area (Å²) in [5, 5.41) is 2.61. The molecule has 3 aromatic rings. The van der Waals surface area contributed by atoms with E-state index in [0.29, 0.717) is 22.4 Å². The van der Waals surface area contributed by atoms with Crippen LogP contribution in [0.5, 0.6) is 0 Å². The molecule has 3 rings (SSSR count). The number of amides is 1. The first-order valence-corrected chi connectivity index (χ1v) is 8.58. The van der Waals surface area contributed by atoms with Gasteiger partial charge in [0, 0.05) is 23.4 Å². The van der Waals surface area contributed by atoms with Crippen LogP contribution >= 0.6 is 0 Å². The van der Waals surface area contributed by atoms with E-state index in [1.165, 1.54) is 19.9 Å². The lowest BCUT2D eigenvalue weighted by atomic mass is 10.1. The van der Waals surface area contributed by atoms with Crippen molar-refractivity contribution in [2.45, 2.75) is 20.0 Å². The number of Topliss-reactive ketones (excluding diaryl/α,β-unsaturated/α-hetero) is 1. The van der Waals surface area contributed by atoms with Crippen molar-refractivity contribution in [3.05, 3.63) is 66.1 Å². The average molecular weight is 378 g/mol. The van der Waals surface area contributed by atoms with Gasteiger partial charge in [0.25, 0.3) is 5.91 Å². The van der Waals surface area contributed by atoms with Crippen LogP contribution < -0.4 is 5.32 Å². The molecular weight excluding hydrogens is 360 g/mol. The van der Waals surface area contributed by atoms with Crippen LogP contribution in [-0.2, 0) is 14.3 Å². The predicted molar refractivity (Wildman–Crippen MR) is 104 cm³/mol. The summed E-state index contributed by atoms with van der Waals surface area (Å²) < 4.78 is 10.6. The summed E-state index contributed by atoms with van der Waals surface area (Å²) in [6.45, 7) is 2.89. The molecule has 142 valence electrons. The number of fused-ring (bicyclic) bond motifs is 1. The summed E-state index contributed by atoms with van der Waals surface area (Å²) in [6.07, 6.45) is 1.50. The second kappa shape index (κ2) is 8.30. The normalized spacial score (nSPS) is 12.1. The number of nitrogens with one attached hydrogen (secondary N) is 1. The van der Waals surface area contributed by atoms with Crippen molar-refractivity contribution >= 4 is 40.5 Å². The number of hydrogen-bond acceptors (Lipinski definition) is 6. The maximum atomic E-state index is 12.2. The molecule has 28 heavy (non-hydrogen) atoms. The summed E-state index contributed by atoms with van der Waals surface area (Å²) in [5.74, 6) is -1.07. The van der Waals surface area contributed by atoms with Gasteiger partial charge >= 0.3 is 5.97 Å². The lowest BCUT2D eigenvalue weighted by Gasteiger charge is -2.12. The minimum absolute atomic E-state index is 0.111. The molecular formula is C21H18N2O5. The van der Waals surface area contributed by atoms with E-state index >= 15 is 0 Å². The molecule has 0 saturated carbocycles. The van der Waals surface area contributed by atoms with Crippen LogP contribution in [0.15, 0.2) is 59.0 Å². The molecule has 0 aliphatic rings. The van der Waals surface area contributed by atoms with E-state index < -0.39 is 18.0 Å². The highest BCUT2D eigenvalue weighted by molar-refractivity contribution is 5.99. The Morgan fingerprint density at radius 2 is 1.93 bits per heavy atom. The Bertz CT molecular complexity index is 1030. The summed E-state index contributed by atoms with van der Waals surface area (Å²) >= 11 is 0. The highest BCUT2D eigenvalue weighted by atomic mass is 16.5. The third kappa shape index (κ3) is 4.70. The zero-order chi connectivity index (χ0) is 20.1. The Hall–Kier alpha value is -3.74. The quantitative estimate of drug-likeness (QED) is 0.400. The fourth-order valence-corrected chi connectivity index (χ4v) is 2.43. The maximum Gasteiger partial charge on any atom is 0.331 e. The van der Waals surface area contributed by atoms with Gasteiger partial charge in [-0.3, -0.25) is 9.59 Å². The van der Waals surface area contributed by atoms with Crippen LogP contribution in [0.4, 0.5) is 5.69 Å². The first-order chi connectivity index (χ1) is 13.4. The molecule has 1 amide bonds. The third-order valence-corrected chi connectivity index (χ3v) is 3.87. The van der Waals surface area contributed by atoms with Gasteiger partial charge in [-0.2, -0.15) is 0 Å². The number of nitrogens with zero attached hydrogens (tertiary/aromatic N) is 1. The minimum atomic E-state index is -1.03. The smallest absolute Gasteiger partial charge is 0.331 e. The van der Waals surface area contributed by atoms with Crippen LogP contribution in [0.25, 0.3) is 17.2 Å². The first kappa shape index (κ1) is 19.0. The van der Waals surface area contributed by atoms with E-state index in [0.717, 1.165) is 6.08 Å². The zero-order valence-electron chi connectivity index (χ0n) is 15.3. The largest absolute Gasteiger partial charge is 0.449 e. The van der Waals surface area contributed by atoms with E-state index in [4.69, 9.17) is 9.15 Å². The van der Waals surface area contributed by atoms with Crippen molar-refractivity contribution in [3.63, 3.8) is 0 Å². The number of oxazole rings is 1. The molecule has 1 heterocycles. The number of carbonyl (C=O) groups is 3. The van der Waals surface area contributed by atoms with Gasteiger partial charge in [0.05, 0.1) is 0 Å². The summed E-state index contributed by atoms with van der Waals surface area (Å²) in [4.78, 5) is 39.7. The topological polar surface area (TPSA) is 98.5 Å². The van der Waals surface area contributed by atoms with Crippen molar-refractivity contribution in [1.82, 2.24) is 4.98 Å². The molecule has 0 spiro atoms. The molecule has 0 bridgehead atoms. The monoisotopic (exact) mass is 378 g/mol. The average Bonchev–Trinajstić information content (AvgIpc) is 3.09. The Morgan fingerprint density at radius 1 is 1.14 bits per heavy atom. The number of hydrogen-bond donors (Lipinski definition) is 1. The number of ketones is 1. The van der Waals surface area contributed by atoms with Gasteiger partial charge in [0.2, 0.25) is 5.89 Å². The van der Waals surface area contributed by atoms with E-state index in [1.807, 2.05) is 12.1 Å². The van der Waals surface area contributed by atoms with Crippen LogP contribution in [0.1, 0.15) is 30.1 Å². The molecule has 7 heteroatoms. The summed E-state index contributed by atoms with van der Waals surface area (Å²) in [6, 6.07) is 13.7. The third-order valence-electron chi connectivity index (χ3n) is 3.87. The maximum absolute atomic E-state index is 12.2. The second-order valence-electron chi connectivity index (χ2n) is 6.06. The van der Waals surface area contributed by atoms with Crippen LogP contribution in [-0.4, -0.2) is 28.7 Å². The highest BCUT2D eigenvalue weighted by Crippen LogP contribution is 2.16. The number of esters is 1. The standard InChI is InChI=1S/C21H18N2O5/c1-13(24)15-6-5-7-16(12-15)22-21(26)14(2)27-20(25)11-10-19-23-17-8-3-4-9-18(17)28-19/h3-12,14H,1-2H3,(H,22,26)/b11-10+/t14-/m0/s1. The fraction of sp³-hybridized carbons (Fsp3) is 0.143. The van der Waals surface area contributed by atoms with Gasteiger partial charge in [0.1, 0.15) is 5.52 Å². The van der Waals surface area contributed by atoms with Gasteiger partial charge in [-0.05, 0) is 38.1 Å². The second-order valence-corrected chi connectivity index (χ2v) is 6.06. The molecule has 0 unspecified atom stereocenters. The summed E-state index contributed by atoms with van der Waals surface area (Å²) in [7, 11) is 0. The molecule has 0 saturated heterocycles. The van der Waals surface area contributed by atoms with Crippen LogP contribution in [0, 0.1) is 0 Å². The summed E-state index contributed by atoms with van der Waals surface area (Å²) in [5.41, 5.74) is 2.21. The molecule has 0 fully saturated rings. The number of anilines is 1. The van der Waals surface area contributed by atoms with Crippen LogP contribution in [0.3, 0.4) is 0 Å². The number of para-hydroxylation sites is 2. The van der Waals surface area contributed by atoms with Gasteiger partial charge in [-0.15, -0.1) is 0 Å². The van der Waals surface area contributed by atoms with Crippen molar-refractivity contribution in [2.75, 3.05) is 5.32 Å². The SMILES string of the molecule is CC(=O)c1cccc(NC(=O)[C@H](C)OC(=O)/C=C/c2nc3ccccc3o2)c1. The molecule has 1 atom stereocenters. The first-order valence-electron chi connectivity index (χ1n) is 8.58. The molecule has 0 aliphatic carbocycles. The van der Waals surface area contributed by atoms with E-state index in [-0.39, 0.29) is 11.7 Å². The molecule has 0 aliphatic heterocycles. The van der Waals surface area contributed by atoms with E-state index in [2.05, 4.69) is 10.3 Å². The van der Waals surface area contributed by atoms with E-state index in [1.54, 1.807) is 36.4 Å². The highest BCUT2D eigenvalue weighted by Gasteiger charge is 2.17. The molecule has 7 nitrogen and oxygen atoms in total. The Morgan fingerprint density at radius 3 is 2.68 bits per heavy atom. The molecule has 0 radical (unpaired) electrons. The predicted octanol–water partition coefficient (Wildman–Crippen LogP) is 3.61. The Kier molecular flexibility index (Phi) is 5.64. The van der Waals surface area contributed by atoms with E-state index in [9.17, 15) is 14.4 Å². The zero-order valence-corrected chi connectivity index (χ0v) is 15.3. The van der Waals surface area contributed by atoms with Crippen molar-refractivity contribution in [1.29, 1.82) is 0 Å². The lowest BCUT2D eigenvalue weighted by Crippen LogP contribution is -2.29. The van der Waals surface area contributed by atoms with Gasteiger partial charge in [-0.1, -0.05) is 24.3 Å². The Labute approximate surface area is 161 Å². The minimum Gasteiger partial charge on any atom is -0.449 e. The van der Waals surface area contributed by atoms with Gasteiger partial charge in [-0.25, -0.2) is 9.78 Å². The van der Waals surface area contributed by atoms with Gasteiger partial charge < -0.3 is 14.5 Å². The number of rotatable bonds is 6. The Balaban J connectivity index is 1.57. The van der Waals surface area contributed by atoms with Crippen molar-refractivity contribution in [3.8, 4) is 0 Å². The number of ether oxygens (including phenoxy) is 1. The molecule has 2 aromatic carbocycles. The molecule has 1 N–H and O–H groups in total. The van der Waals surface area contributed by atoms with Crippen LogP contribution in [0.2, 0.25) is 0 Å². The number of benzene rings is 2.